The van der Waals surface area contributed by atoms with E-state index in [2.05, 4.69) is 0 Å². The molecule has 2 N–H and O–H groups in total. The van der Waals surface area contributed by atoms with Gasteiger partial charge in [0.05, 0.1) is 11.1 Å². The van der Waals surface area contributed by atoms with Crippen LogP contribution in [0.25, 0.3) is 0 Å². The number of nitrogens with zero attached hydrogens (tertiary/aromatic N) is 1. The number of nitrogens with two attached hydrogens (primary N) is 1. The van der Waals surface area contributed by atoms with Gasteiger partial charge >= 0.3 is 0 Å². The Bertz CT molecular complexity index is 604. The van der Waals surface area contributed by atoms with Gasteiger partial charge in [0.15, 0.2) is 0 Å². The molecule has 0 saturated heterocycles. The lowest BCUT2D eigenvalue weighted by atomic mass is 10.0. The minimum Gasteiger partial charge on any atom is -0.366 e. The molecule has 0 radical (unpaired) electrons. The van der Waals surface area contributed by atoms with Crippen LogP contribution in [-0.4, -0.2) is 13.6 Å². The number of benzene rings is 2. The molecule has 2 nitrogen and oxygen atoms in total. The van der Waals surface area contributed by atoms with Crippen molar-refractivity contribution in [2.24, 2.45) is 5.73 Å². The normalized spacial score (nSPS) is 12.2. The molecule has 0 aliphatic carbocycles. The second-order valence-electron chi connectivity index (χ2n) is 4.52. The topological polar surface area (TPSA) is 29.3 Å². The van der Waals surface area contributed by atoms with Crippen molar-refractivity contribution < 1.29 is 8.78 Å². The van der Waals surface area contributed by atoms with Gasteiger partial charge in [-0.05, 0) is 35.9 Å². The molecule has 0 bridgehead atoms. The molecular weight excluding hydrogens is 282 g/mol. The van der Waals surface area contributed by atoms with Gasteiger partial charge in [0, 0.05) is 19.3 Å². The summed E-state index contributed by atoms with van der Waals surface area (Å²) in [5.74, 6) is -0.790. The second kappa shape index (κ2) is 6.20. The summed E-state index contributed by atoms with van der Waals surface area (Å²) in [6.07, 6.45) is 0. The fourth-order valence-electron chi connectivity index (χ4n) is 2.11. The fraction of sp³-hybridized carbons (Fsp3) is 0.200. The zero-order valence-corrected chi connectivity index (χ0v) is 11.7. The number of hydrogen-bond donors (Lipinski definition) is 1. The maximum absolute atomic E-state index is 13.3. The molecule has 0 heterocycles. The van der Waals surface area contributed by atoms with E-state index in [9.17, 15) is 8.78 Å². The number of rotatable bonds is 4. The molecule has 1 unspecified atom stereocenters. The largest absolute Gasteiger partial charge is 0.366 e. The SMILES string of the molecule is CN(c1cccc(F)c1)C(CN)c1ccc(F)c(Cl)c1. The molecule has 20 heavy (non-hydrogen) atoms. The number of likely N-dealkylation sites (N-methyl/N-ethyl adjacent to an activating group) is 1. The zero-order chi connectivity index (χ0) is 14.7. The highest BCUT2D eigenvalue weighted by atomic mass is 35.5. The molecule has 0 amide bonds. The number of hydrogen-bond acceptors (Lipinski definition) is 2. The number of anilines is 1. The van der Waals surface area contributed by atoms with E-state index in [1.807, 2.05) is 11.9 Å². The van der Waals surface area contributed by atoms with E-state index < -0.39 is 5.82 Å². The van der Waals surface area contributed by atoms with Crippen LogP contribution in [0.1, 0.15) is 11.6 Å². The molecule has 0 saturated carbocycles. The van der Waals surface area contributed by atoms with Gasteiger partial charge in [-0.15, -0.1) is 0 Å². The van der Waals surface area contributed by atoms with Crippen LogP contribution in [0.4, 0.5) is 14.5 Å². The molecule has 106 valence electrons. The van der Waals surface area contributed by atoms with Crippen LogP contribution in [0.2, 0.25) is 5.02 Å². The summed E-state index contributed by atoms with van der Waals surface area (Å²) in [4.78, 5) is 1.84. The van der Waals surface area contributed by atoms with Crippen molar-refractivity contribution in [3.63, 3.8) is 0 Å². The van der Waals surface area contributed by atoms with Crippen LogP contribution in [0.3, 0.4) is 0 Å². The van der Waals surface area contributed by atoms with Crippen molar-refractivity contribution in [1.82, 2.24) is 0 Å². The molecule has 0 spiro atoms. The first-order valence-electron chi connectivity index (χ1n) is 6.16. The Kier molecular flexibility index (Phi) is 4.57. The highest BCUT2D eigenvalue weighted by Gasteiger charge is 2.17. The Morgan fingerprint density at radius 3 is 2.55 bits per heavy atom. The van der Waals surface area contributed by atoms with E-state index in [-0.39, 0.29) is 16.9 Å². The van der Waals surface area contributed by atoms with Gasteiger partial charge in [-0.25, -0.2) is 8.78 Å². The van der Waals surface area contributed by atoms with Gasteiger partial charge in [0.25, 0.3) is 0 Å². The maximum atomic E-state index is 13.3. The summed E-state index contributed by atoms with van der Waals surface area (Å²) in [5, 5.41) is 0.0496. The van der Waals surface area contributed by atoms with Gasteiger partial charge in [0.2, 0.25) is 0 Å². The van der Waals surface area contributed by atoms with Crippen molar-refractivity contribution in [2.75, 3.05) is 18.5 Å². The molecule has 0 aliphatic rings. The van der Waals surface area contributed by atoms with E-state index in [0.717, 1.165) is 5.56 Å². The first kappa shape index (κ1) is 14.8. The Balaban J connectivity index is 2.33. The van der Waals surface area contributed by atoms with Gasteiger partial charge in [0.1, 0.15) is 11.6 Å². The minimum atomic E-state index is -0.473. The Morgan fingerprint density at radius 2 is 1.95 bits per heavy atom. The van der Waals surface area contributed by atoms with Crippen LogP contribution >= 0.6 is 11.6 Å². The van der Waals surface area contributed by atoms with Gasteiger partial charge in [-0.2, -0.15) is 0 Å². The molecule has 5 heteroatoms. The van der Waals surface area contributed by atoms with E-state index in [4.69, 9.17) is 17.3 Å². The molecule has 0 aromatic heterocycles. The first-order chi connectivity index (χ1) is 9.52. The number of halogens is 3. The monoisotopic (exact) mass is 296 g/mol. The molecule has 0 aliphatic heterocycles. The summed E-state index contributed by atoms with van der Waals surface area (Å²) >= 11 is 5.80. The van der Waals surface area contributed by atoms with Crippen LogP contribution in [0.5, 0.6) is 0 Å². The molecule has 1 atom stereocenters. The predicted molar refractivity (Wildman–Crippen MR) is 78.0 cm³/mol. The third kappa shape index (κ3) is 3.08. The van der Waals surface area contributed by atoms with E-state index in [0.29, 0.717) is 12.2 Å². The van der Waals surface area contributed by atoms with Crippen molar-refractivity contribution in [2.45, 2.75) is 6.04 Å². The Labute approximate surface area is 121 Å². The van der Waals surface area contributed by atoms with Crippen LogP contribution < -0.4 is 10.6 Å². The zero-order valence-electron chi connectivity index (χ0n) is 11.0. The lowest BCUT2D eigenvalue weighted by molar-refractivity contribution is 0.619. The minimum absolute atomic E-state index is 0.0496. The summed E-state index contributed by atoms with van der Waals surface area (Å²) in [6.45, 7) is 0.301. The van der Waals surface area contributed by atoms with Crippen LogP contribution in [0.15, 0.2) is 42.5 Å². The quantitative estimate of drug-likeness (QED) is 0.931. The highest BCUT2D eigenvalue weighted by molar-refractivity contribution is 6.30. The molecule has 2 aromatic carbocycles. The predicted octanol–water partition coefficient (Wildman–Crippen LogP) is 3.75. The van der Waals surface area contributed by atoms with Crippen molar-refractivity contribution >= 4 is 17.3 Å². The summed E-state index contributed by atoms with van der Waals surface area (Å²) in [7, 11) is 1.81. The van der Waals surface area contributed by atoms with Crippen molar-refractivity contribution in [1.29, 1.82) is 0 Å². The third-order valence-electron chi connectivity index (χ3n) is 3.23. The van der Waals surface area contributed by atoms with Crippen LogP contribution in [0, 0.1) is 11.6 Å². The van der Waals surface area contributed by atoms with Crippen molar-refractivity contribution in [3.8, 4) is 0 Å². The van der Waals surface area contributed by atoms with Crippen molar-refractivity contribution in [3.05, 3.63) is 64.7 Å². The standard InChI is InChI=1S/C15H15ClF2N2/c1-20(12-4-2-3-11(17)8-12)15(9-19)10-5-6-14(18)13(16)7-10/h2-8,15H,9,19H2,1H3. The average Bonchev–Trinajstić information content (AvgIpc) is 2.43. The lowest BCUT2D eigenvalue weighted by Crippen LogP contribution is -2.30. The van der Waals surface area contributed by atoms with Gasteiger partial charge in [-0.1, -0.05) is 23.7 Å². The van der Waals surface area contributed by atoms with E-state index in [1.165, 1.54) is 18.2 Å². The smallest absolute Gasteiger partial charge is 0.141 e. The molecular formula is C15H15ClF2N2. The van der Waals surface area contributed by atoms with Gasteiger partial charge in [-0.3, -0.25) is 0 Å². The molecule has 2 rings (SSSR count). The Morgan fingerprint density at radius 1 is 1.20 bits per heavy atom. The maximum Gasteiger partial charge on any atom is 0.141 e. The Hall–Kier alpha value is -1.65. The molecule has 2 aromatic rings. The summed E-state index contributed by atoms with van der Waals surface area (Å²) in [5.41, 5.74) is 7.28. The summed E-state index contributed by atoms with van der Waals surface area (Å²) in [6, 6.07) is 10.5. The highest BCUT2D eigenvalue weighted by Crippen LogP contribution is 2.27. The fourth-order valence-corrected chi connectivity index (χ4v) is 2.30. The lowest BCUT2D eigenvalue weighted by Gasteiger charge is -2.29. The summed E-state index contributed by atoms with van der Waals surface area (Å²) < 4.78 is 26.5. The van der Waals surface area contributed by atoms with Crippen LogP contribution in [-0.2, 0) is 0 Å². The second-order valence-corrected chi connectivity index (χ2v) is 4.92. The third-order valence-corrected chi connectivity index (χ3v) is 3.52. The van der Waals surface area contributed by atoms with E-state index in [1.54, 1.807) is 24.3 Å². The van der Waals surface area contributed by atoms with Gasteiger partial charge < -0.3 is 10.6 Å². The molecule has 0 fully saturated rings. The van der Waals surface area contributed by atoms with E-state index >= 15 is 0 Å². The average molecular weight is 297 g/mol. The first-order valence-corrected chi connectivity index (χ1v) is 6.54.